The summed E-state index contributed by atoms with van der Waals surface area (Å²) >= 11 is 0. The van der Waals surface area contributed by atoms with Gasteiger partial charge in [0.15, 0.2) is 5.65 Å². The van der Waals surface area contributed by atoms with Crippen molar-refractivity contribution < 1.29 is 4.79 Å². The quantitative estimate of drug-likeness (QED) is 0.390. The highest BCUT2D eigenvalue weighted by atomic mass is 16.2. The third kappa shape index (κ3) is 4.68. The number of carbonyl (C=O) groups excluding carboxylic acids is 1. The Morgan fingerprint density at radius 3 is 2.76 bits per heavy atom. The molecule has 5 rings (SSSR count). The van der Waals surface area contributed by atoms with E-state index in [2.05, 4.69) is 72.2 Å². The monoisotopic (exact) mass is 502 g/mol. The van der Waals surface area contributed by atoms with Crippen LogP contribution in [0.5, 0.6) is 0 Å². The molecule has 1 aliphatic heterocycles. The number of nitrogens with zero attached hydrogens (tertiary/aromatic N) is 6. The number of rotatable bonds is 7. The number of amides is 1. The van der Waals surface area contributed by atoms with Crippen molar-refractivity contribution in [3.63, 3.8) is 0 Å². The number of H-pyrrole nitrogens is 1. The average Bonchev–Trinajstić information content (AvgIpc) is 3.56. The lowest BCUT2D eigenvalue weighted by molar-refractivity contribution is -0.131. The summed E-state index contributed by atoms with van der Waals surface area (Å²) in [4.78, 5) is 30.0. The SMILES string of the molecule is Cc1c(-c2[nH]c3ccc(N[C@@H]4C[C@H](C)N(C(=O)CCN(C)C)C4)nc3c2C(C)C)cn2ncnc2c1C. The molecule has 2 atom stereocenters. The van der Waals surface area contributed by atoms with Crippen molar-refractivity contribution in [3.05, 3.63) is 41.3 Å². The Kier molecular flexibility index (Phi) is 6.66. The van der Waals surface area contributed by atoms with Gasteiger partial charge in [0.25, 0.3) is 0 Å². The second-order valence-corrected chi connectivity index (χ2v) is 11.0. The Morgan fingerprint density at radius 1 is 1.24 bits per heavy atom. The first-order chi connectivity index (χ1) is 17.6. The molecule has 4 aromatic rings. The van der Waals surface area contributed by atoms with E-state index in [0.717, 1.165) is 52.3 Å². The van der Waals surface area contributed by atoms with Crippen LogP contribution in [0.1, 0.15) is 56.2 Å². The summed E-state index contributed by atoms with van der Waals surface area (Å²) in [5, 5.41) is 8.00. The van der Waals surface area contributed by atoms with E-state index < -0.39 is 0 Å². The standard InChI is InChI=1S/C28H38N8O/c1-16(2)25-26(21-14-36-28(29-15-30-36)19(5)18(21)4)32-22-8-9-23(33-27(22)25)31-20-12-17(3)35(13-20)24(37)10-11-34(6)7/h8-9,14-17,20,32H,10-13H2,1-7H3,(H,31,33)/t17-,20+/m0/s1. The topological polar surface area (TPSA) is 94.5 Å². The number of aromatic amines is 1. The van der Waals surface area contributed by atoms with E-state index in [1.54, 1.807) is 6.33 Å². The first-order valence-electron chi connectivity index (χ1n) is 13.2. The number of nitrogens with one attached hydrogen (secondary N) is 2. The average molecular weight is 503 g/mol. The lowest BCUT2D eigenvalue weighted by Gasteiger charge is -2.22. The maximum absolute atomic E-state index is 12.7. The normalized spacial score (nSPS) is 18.1. The molecule has 9 heteroatoms. The fourth-order valence-corrected chi connectivity index (χ4v) is 5.55. The van der Waals surface area contributed by atoms with E-state index in [-0.39, 0.29) is 23.9 Å². The van der Waals surface area contributed by atoms with Gasteiger partial charge in [-0.1, -0.05) is 13.8 Å². The molecule has 4 aromatic heterocycles. The third-order valence-electron chi connectivity index (χ3n) is 7.67. The van der Waals surface area contributed by atoms with Gasteiger partial charge in [-0.05, 0) is 70.5 Å². The van der Waals surface area contributed by atoms with Gasteiger partial charge >= 0.3 is 0 Å². The van der Waals surface area contributed by atoms with Gasteiger partial charge < -0.3 is 20.1 Å². The number of pyridine rings is 2. The minimum Gasteiger partial charge on any atom is -0.365 e. The molecular formula is C28H38N8O. The predicted molar refractivity (Wildman–Crippen MR) is 148 cm³/mol. The van der Waals surface area contributed by atoms with Crippen LogP contribution in [0.3, 0.4) is 0 Å². The van der Waals surface area contributed by atoms with Crippen LogP contribution in [0.15, 0.2) is 24.7 Å². The van der Waals surface area contributed by atoms with Gasteiger partial charge in [0.2, 0.25) is 5.91 Å². The van der Waals surface area contributed by atoms with Crippen LogP contribution in [0, 0.1) is 13.8 Å². The van der Waals surface area contributed by atoms with Crippen LogP contribution in [-0.4, -0.2) is 79.5 Å². The van der Waals surface area contributed by atoms with Gasteiger partial charge in [0.1, 0.15) is 12.1 Å². The molecule has 0 spiro atoms. The van der Waals surface area contributed by atoms with Gasteiger partial charge in [-0.2, -0.15) is 5.10 Å². The summed E-state index contributed by atoms with van der Waals surface area (Å²) in [7, 11) is 4.00. The maximum atomic E-state index is 12.7. The summed E-state index contributed by atoms with van der Waals surface area (Å²) in [6.45, 7) is 12.3. The number of likely N-dealkylation sites (tertiary alicyclic amines) is 1. The van der Waals surface area contributed by atoms with Gasteiger partial charge in [-0.25, -0.2) is 14.5 Å². The van der Waals surface area contributed by atoms with E-state index in [1.807, 2.05) is 29.6 Å². The van der Waals surface area contributed by atoms with Crippen molar-refractivity contribution in [2.24, 2.45) is 0 Å². The number of fused-ring (bicyclic) bond motifs is 2. The highest BCUT2D eigenvalue weighted by Gasteiger charge is 2.32. The number of aryl methyl sites for hydroxylation is 1. The van der Waals surface area contributed by atoms with Gasteiger partial charge in [0, 0.05) is 48.9 Å². The van der Waals surface area contributed by atoms with Crippen molar-refractivity contribution in [3.8, 4) is 11.3 Å². The van der Waals surface area contributed by atoms with Gasteiger partial charge in [-0.15, -0.1) is 0 Å². The van der Waals surface area contributed by atoms with Crippen LogP contribution < -0.4 is 5.32 Å². The number of aromatic nitrogens is 5. The number of hydrogen-bond donors (Lipinski definition) is 2. The van der Waals surface area contributed by atoms with E-state index in [9.17, 15) is 4.79 Å². The number of anilines is 1. The molecular weight excluding hydrogens is 464 g/mol. The molecule has 2 N–H and O–H groups in total. The predicted octanol–water partition coefficient (Wildman–Crippen LogP) is 4.37. The molecule has 1 amide bonds. The second-order valence-electron chi connectivity index (χ2n) is 11.0. The molecule has 0 unspecified atom stereocenters. The van der Waals surface area contributed by atoms with E-state index in [4.69, 9.17) is 4.98 Å². The first kappa shape index (κ1) is 25.2. The molecule has 0 radical (unpaired) electrons. The highest BCUT2D eigenvalue weighted by molar-refractivity contribution is 5.90. The van der Waals surface area contributed by atoms with Crippen LogP contribution in [0.4, 0.5) is 5.82 Å². The zero-order valence-electron chi connectivity index (χ0n) is 23.0. The third-order valence-corrected chi connectivity index (χ3v) is 7.67. The van der Waals surface area contributed by atoms with Crippen molar-refractivity contribution in [2.75, 3.05) is 32.5 Å². The summed E-state index contributed by atoms with van der Waals surface area (Å²) in [6.07, 6.45) is 5.12. The Hall–Kier alpha value is -3.46. The largest absolute Gasteiger partial charge is 0.365 e. The Balaban J connectivity index is 1.44. The van der Waals surface area contributed by atoms with Crippen LogP contribution >= 0.6 is 0 Å². The van der Waals surface area contributed by atoms with Crippen molar-refractivity contribution in [1.82, 2.24) is 34.4 Å². The minimum atomic E-state index is 0.184. The zero-order valence-corrected chi connectivity index (χ0v) is 23.0. The van der Waals surface area contributed by atoms with E-state index >= 15 is 0 Å². The lowest BCUT2D eigenvalue weighted by atomic mass is 9.95. The molecule has 0 aliphatic carbocycles. The summed E-state index contributed by atoms with van der Waals surface area (Å²) in [5.74, 6) is 1.34. The Labute approximate surface area is 218 Å². The molecule has 0 bridgehead atoms. The summed E-state index contributed by atoms with van der Waals surface area (Å²) in [6, 6.07) is 4.55. The Morgan fingerprint density at radius 2 is 2.03 bits per heavy atom. The molecule has 1 fully saturated rings. The van der Waals surface area contributed by atoms with Gasteiger partial charge in [-0.3, -0.25) is 4.79 Å². The van der Waals surface area contributed by atoms with Crippen LogP contribution in [-0.2, 0) is 4.79 Å². The zero-order chi connectivity index (χ0) is 26.4. The number of hydrogen-bond acceptors (Lipinski definition) is 6. The van der Waals surface area contributed by atoms with Crippen molar-refractivity contribution in [1.29, 1.82) is 0 Å². The lowest BCUT2D eigenvalue weighted by Crippen LogP contribution is -2.36. The fraction of sp³-hybridized carbons (Fsp3) is 0.500. The fourth-order valence-electron chi connectivity index (χ4n) is 5.55. The highest BCUT2D eigenvalue weighted by Crippen LogP contribution is 2.37. The smallest absolute Gasteiger partial charge is 0.224 e. The summed E-state index contributed by atoms with van der Waals surface area (Å²) < 4.78 is 1.85. The molecule has 1 aliphatic rings. The first-order valence-corrected chi connectivity index (χ1v) is 13.2. The van der Waals surface area contributed by atoms with Crippen molar-refractivity contribution >= 4 is 28.4 Å². The number of carbonyl (C=O) groups is 1. The molecule has 1 saturated heterocycles. The molecule has 5 heterocycles. The molecule has 37 heavy (non-hydrogen) atoms. The molecule has 196 valence electrons. The van der Waals surface area contributed by atoms with Crippen LogP contribution in [0.2, 0.25) is 0 Å². The maximum Gasteiger partial charge on any atom is 0.224 e. The molecule has 0 aromatic carbocycles. The minimum absolute atomic E-state index is 0.184. The Bertz CT molecular complexity index is 1450. The molecule has 9 nitrogen and oxygen atoms in total. The second kappa shape index (κ2) is 9.78. The molecule has 0 saturated carbocycles. The summed E-state index contributed by atoms with van der Waals surface area (Å²) in [5.41, 5.74) is 8.58. The van der Waals surface area contributed by atoms with E-state index in [0.29, 0.717) is 13.0 Å². The van der Waals surface area contributed by atoms with Crippen molar-refractivity contribution in [2.45, 2.75) is 65.5 Å². The van der Waals surface area contributed by atoms with E-state index in [1.165, 1.54) is 11.1 Å². The van der Waals surface area contributed by atoms with Gasteiger partial charge in [0.05, 0.1) is 16.7 Å². The van der Waals surface area contributed by atoms with Crippen LogP contribution in [0.25, 0.3) is 27.9 Å².